The summed E-state index contributed by atoms with van der Waals surface area (Å²) in [4.78, 5) is 0. The summed E-state index contributed by atoms with van der Waals surface area (Å²) in [6, 6.07) is 4.12. The number of aromatic nitrogens is 2. The van der Waals surface area contributed by atoms with Crippen LogP contribution in [0.3, 0.4) is 0 Å². The predicted octanol–water partition coefficient (Wildman–Crippen LogP) is 2.19. The van der Waals surface area contributed by atoms with E-state index in [2.05, 4.69) is 17.3 Å². The Kier molecular flexibility index (Phi) is 2.26. The smallest absolute Gasteiger partial charge is 0.124 e. The Labute approximate surface area is 82.5 Å². The second kappa shape index (κ2) is 3.57. The lowest BCUT2D eigenvalue weighted by molar-refractivity contribution is 0.562. The molecule has 4 heteroatoms. The third-order valence-electron chi connectivity index (χ3n) is 2.23. The van der Waals surface area contributed by atoms with Crippen LogP contribution in [0, 0.1) is 0 Å². The van der Waals surface area contributed by atoms with Gasteiger partial charge in [0.2, 0.25) is 0 Å². The second-order valence-corrected chi connectivity index (χ2v) is 3.26. The molecule has 2 rings (SSSR count). The minimum Gasteiger partial charge on any atom is -0.472 e. The van der Waals surface area contributed by atoms with Crippen molar-refractivity contribution in [2.24, 2.45) is 7.05 Å². The zero-order chi connectivity index (χ0) is 9.97. The van der Waals surface area contributed by atoms with Crippen molar-refractivity contribution in [1.82, 2.24) is 9.78 Å². The summed E-state index contributed by atoms with van der Waals surface area (Å²) in [7, 11) is 1.91. The molecule has 14 heavy (non-hydrogen) atoms. The molecular formula is C10H13N3O. The first-order chi connectivity index (χ1) is 6.77. The van der Waals surface area contributed by atoms with Crippen molar-refractivity contribution in [2.75, 3.05) is 5.32 Å². The Morgan fingerprint density at radius 2 is 2.36 bits per heavy atom. The molecule has 0 saturated heterocycles. The molecule has 74 valence electrons. The normalized spacial score (nSPS) is 12.7. The number of nitrogens with zero attached hydrogens (tertiary/aromatic N) is 2. The van der Waals surface area contributed by atoms with Gasteiger partial charge in [-0.05, 0) is 13.0 Å². The van der Waals surface area contributed by atoms with Crippen molar-refractivity contribution in [1.29, 1.82) is 0 Å². The van der Waals surface area contributed by atoms with E-state index >= 15 is 0 Å². The highest BCUT2D eigenvalue weighted by molar-refractivity contribution is 5.36. The van der Waals surface area contributed by atoms with Crippen molar-refractivity contribution in [3.8, 4) is 0 Å². The van der Waals surface area contributed by atoms with Gasteiger partial charge in [0.05, 0.1) is 24.8 Å². The van der Waals surface area contributed by atoms with Crippen LogP contribution in [0.25, 0.3) is 0 Å². The van der Waals surface area contributed by atoms with Gasteiger partial charge in [0.1, 0.15) is 5.82 Å². The number of aryl methyl sites for hydroxylation is 1. The zero-order valence-corrected chi connectivity index (χ0v) is 8.27. The topological polar surface area (TPSA) is 43.0 Å². The van der Waals surface area contributed by atoms with Gasteiger partial charge in [0.25, 0.3) is 0 Å². The zero-order valence-electron chi connectivity index (χ0n) is 8.27. The minimum atomic E-state index is 0.226. The summed E-state index contributed by atoms with van der Waals surface area (Å²) < 4.78 is 6.82. The maximum absolute atomic E-state index is 5.02. The van der Waals surface area contributed by atoms with Gasteiger partial charge in [-0.15, -0.1) is 0 Å². The van der Waals surface area contributed by atoms with Gasteiger partial charge in [-0.1, -0.05) is 0 Å². The molecule has 0 fully saturated rings. The lowest BCUT2D eigenvalue weighted by atomic mass is 10.2. The van der Waals surface area contributed by atoms with E-state index in [9.17, 15) is 0 Å². The van der Waals surface area contributed by atoms with Gasteiger partial charge in [-0.2, -0.15) is 5.10 Å². The van der Waals surface area contributed by atoms with Crippen molar-refractivity contribution in [3.63, 3.8) is 0 Å². The van der Waals surface area contributed by atoms with Crippen LogP contribution in [-0.2, 0) is 7.05 Å². The van der Waals surface area contributed by atoms with Crippen molar-refractivity contribution in [2.45, 2.75) is 13.0 Å². The Balaban J connectivity index is 2.09. The van der Waals surface area contributed by atoms with Crippen LogP contribution < -0.4 is 5.32 Å². The van der Waals surface area contributed by atoms with E-state index < -0.39 is 0 Å². The first kappa shape index (κ1) is 8.87. The summed E-state index contributed by atoms with van der Waals surface area (Å²) in [6.45, 7) is 2.08. The number of nitrogens with one attached hydrogen (secondary N) is 1. The van der Waals surface area contributed by atoms with Gasteiger partial charge in [0, 0.05) is 18.7 Å². The molecule has 2 aromatic rings. The summed E-state index contributed by atoms with van der Waals surface area (Å²) >= 11 is 0. The first-order valence-corrected chi connectivity index (χ1v) is 4.54. The van der Waals surface area contributed by atoms with Crippen molar-refractivity contribution in [3.05, 3.63) is 36.4 Å². The average molecular weight is 191 g/mol. The molecule has 0 aliphatic heterocycles. The summed E-state index contributed by atoms with van der Waals surface area (Å²) in [6.07, 6.45) is 5.19. The molecule has 4 nitrogen and oxygen atoms in total. The molecule has 0 saturated carbocycles. The Hall–Kier alpha value is -1.71. The van der Waals surface area contributed by atoms with Crippen LogP contribution in [0.15, 0.2) is 35.3 Å². The van der Waals surface area contributed by atoms with Crippen LogP contribution >= 0.6 is 0 Å². The Morgan fingerprint density at radius 1 is 1.50 bits per heavy atom. The molecule has 0 aromatic carbocycles. The monoisotopic (exact) mass is 191 g/mol. The third-order valence-corrected chi connectivity index (χ3v) is 2.23. The standard InChI is InChI=1S/C10H13N3O/c1-8(9-4-6-14-7-9)12-10-3-5-11-13(10)2/h3-8,12H,1-2H3. The van der Waals surface area contributed by atoms with E-state index in [1.54, 1.807) is 23.4 Å². The summed E-state index contributed by atoms with van der Waals surface area (Å²) in [5, 5.41) is 7.41. The van der Waals surface area contributed by atoms with E-state index in [1.165, 1.54) is 0 Å². The molecule has 0 spiro atoms. The van der Waals surface area contributed by atoms with Crippen LogP contribution in [0.4, 0.5) is 5.82 Å². The van der Waals surface area contributed by atoms with E-state index in [-0.39, 0.29) is 6.04 Å². The van der Waals surface area contributed by atoms with Crippen LogP contribution in [0.1, 0.15) is 18.5 Å². The van der Waals surface area contributed by atoms with Crippen LogP contribution in [-0.4, -0.2) is 9.78 Å². The lowest BCUT2D eigenvalue weighted by Crippen LogP contribution is -2.09. The first-order valence-electron chi connectivity index (χ1n) is 4.54. The number of hydrogen-bond donors (Lipinski definition) is 1. The molecular weight excluding hydrogens is 178 g/mol. The van der Waals surface area contributed by atoms with Gasteiger partial charge >= 0.3 is 0 Å². The molecule has 2 aromatic heterocycles. The highest BCUT2D eigenvalue weighted by atomic mass is 16.3. The molecule has 2 heterocycles. The van der Waals surface area contributed by atoms with E-state index in [0.717, 1.165) is 11.4 Å². The van der Waals surface area contributed by atoms with Crippen LogP contribution in [0.2, 0.25) is 0 Å². The van der Waals surface area contributed by atoms with Gasteiger partial charge < -0.3 is 9.73 Å². The van der Waals surface area contributed by atoms with Gasteiger partial charge in [-0.3, -0.25) is 4.68 Å². The van der Waals surface area contributed by atoms with Crippen LogP contribution in [0.5, 0.6) is 0 Å². The summed E-state index contributed by atoms with van der Waals surface area (Å²) in [5.41, 5.74) is 1.13. The molecule has 1 atom stereocenters. The van der Waals surface area contributed by atoms with Gasteiger partial charge in [-0.25, -0.2) is 0 Å². The quantitative estimate of drug-likeness (QED) is 0.808. The van der Waals surface area contributed by atoms with Gasteiger partial charge in [0.15, 0.2) is 0 Å². The molecule has 0 amide bonds. The molecule has 1 unspecified atom stereocenters. The molecule has 0 radical (unpaired) electrons. The van der Waals surface area contributed by atoms with Crippen molar-refractivity contribution < 1.29 is 4.42 Å². The highest BCUT2D eigenvalue weighted by Gasteiger charge is 2.07. The third kappa shape index (κ3) is 1.64. The van der Waals surface area contributed by atoms with E-state index in [4.69, 9.17) is 4.42 Å². The highest BCUT2D eigenvalue weighted by Crippen LogP contribution is 2.18. The minimum absolute atomic E-state index is 0.226. The number of anilines is 1. The average Bonchev–Trinajstić information content (AvgIpc) is 2.77. The van der Waals surface area contributed by atoms with E-state index in [0.29, 0.717) is 0 Å². The fraction of sp³-hybridized carbons (Fsp3) is 0.300. The number of furan rings is 1. The Morgan fingerprint density at radius 3 is 2.93 bits per heavy atom. The maximum Gasteiger partial charge on any atom is 0.124 e. The molecule has 0 bridgehead atoms. The molecule has 0 aliphatic carbocycles. The van der Waals surface area contributed by atoms with E-state index in [1.807, 2.05) is 19.2 Å². The second-order valence-electron chi connectivity index (χ2n) is 3.26. The maximum atomic E-state index is 5.02. The Bertz CT molecular complexity index is 391. The molecule has 1 N–H and O–H groups in total. The van der Waals surface area contributed by atoms with Crippen molar-refractivity contribution >= 4 is 5.82 Å². The number of rotatable bonds is 3. The predicted molar refractivity (Wildman–Crippen MR) is 54.0 cm³/mol. The summed E-state index contributed by atoms with van der Waals surface area (Å²) in [5.74, 6) is 0.999. The molecule has 0 aliphatic rings. The number of hydrogen-bond acceptors (Lipinski definition) is 3. The fourth-order valence-electron chi connectivity index (χ4n) is 1.34. The largest absolute Gasteiger partial charge is 0.472 e. The SMILES string of the molecule is CC(Nc1ccnn1C)c1ccoc1. The lowest BCUT2D eigenvalue weighted by Gasteiger charge is -2.12. The fourth-order valence-corrected chi connectivity index (χ4v) is 1.34.